The van der Waals surface area contributed by atoms with Gasteiger partial charge in [0, 0.05) is 37.2 Å². The molecule has 0 saturated carbocycles. The second kappa shape index (κ2) is 9.57. The molecule has 0 aliphatic carbocycles. The number of carbonyl (C=O) groups excluding carboxylic acids is 2. The van der Waals surface area contributed by atoms with Crippen LogP contribution in [0.15, 0.2) is 42.5 Å². The van der Waals surface area contributed by atoms with E-state index in [1.54, 1.807) is 0 Å². The van der Waals surface area contributed by atoms with E-state index < -0.39 is 0 Å². The highest BCUT2D eigenvalue weighted by Crippen LogP contribution is 2.21. The normalized spacial score (nSPS) is 11.1. The number of anilines is 1. The molecule has 30 heavy (non-hydrogen) atoms. The van der Waals surface area contributed by atoms with Crippen LogP contribution in [0.4, 0.5) is 5.69 Å². The number of imidazole rings is 1. The molecular weight excluding hydrogens is 376 g/mol. The van der Waals surface area contributed by atoms with Gasteiger partial charge >= 0.3 is 0 Å². The van der Waals surface area contributed by atoms with E-state index in [1.165, 1.54) is 0 Å². The van der Waals surface area contributed by atoms with Crippen molar-refractivity contribution >= 4 is 28.5 Å². The molecule has 0 atom stereocenters. The van der Waals surface area contributed by atoms with Crippen LogP contribution in [0.25, 0.3) is 11.0 Å². The summed E-state index contributed by atoms with van der Waals surface area (Å²) in [5.41, 5.74) is 4.12. The Morgan fingerprint density at radius 3 is 2.53 bits per heavy atom. The van der Waals surface area contributed by atoms with Crippen molar-refractivity contribution in [3.05, 3.63) is 59.4 Å². The third-order valence-corrected chi connectivity index (χ3v) is 5.63. The molecule has 3 aromatic rings. The molecular formula is C24H30N4O2. The number of fused-ring (bicyclic) bond motifs is 1. The zero-order valence-electron chi connectivity index (χ0n) is 18.2. The number of rotatable bonds is 8. The number of hydrogen-bond donors (Lipinski definition) is 2. The number of aromatic nitrogens is 2. The Hall–Kier alpha value is -3.15. The minimum atomic E-state index is -0.132. The fourth-order valence-electron chi connectivity index (χ4n) is 3.68. The summed E-state index contributed by atoms with van der Waals surface area (Å²) in [6, 6.07) is 13.3. The summed E-state index contributed by atoms with van der Waals surface area (Å²) in [6.07, 6.45) is 2.36. The topological polar surface area (TPSA) is 76.0 Å². The number of amides is 2. The Bertz CT molecular complexity index is 1050. The first kappa shape index (κ1) is 21.6. The van der Waals surface area contributed by atoms with E-state index in [9.17, 15) is 9.59 Å². The van der Waals surface area contributed by atoms with Crippen LogP contribution in [-0.4, -0.2) is 27.9 Å². The number of nitrogens with one attached hydrogen (secondary N) is 2. The molecule has 0 radical (unpaired) electrons. The lowest BCUT2D eigenvalue weighted by molar-refractivity contribution is -0.125. The molecule has 0 spiro atoms. The summed E-state index contributed by atoms with van der Waals surface area (Å²) in [5, 5.41) is 5.97. The van der Waals surface area contributed by atoms with Gasteiger partial charge in [-0.2, -0.15) is 0 Å². The van der Waals surface area contributed by atoms with Crippen molar-refractivity contribution in [3.63, 3.8) is 0 Å². The molecule has 2 amide bonds. The Balaban J connectivity index is 1.69. The first-order valence-electron chi connectivity index (χ1n) is 10.5. The van der Waals surface area contributed by atoms with Crippen LogP contribution in [0.3, 0.4) is 0 Å². The average Bonchev–Trinajstić information content (AvgIpc) is 3.04. The fourth-order valence-corrected chi connectivity index (χ4v) is 3.68. The van der Waals surface area contributed by atoms with E-state index in [0.29, 0.717) is 24.2 Å². The Labute approximate surface area is 177 Å². The molecule has 0 aliphatic heterocycles. The highest BCUT2D eigenvalue weighted by atomic mass is 16.2. The lowest BCUT2D eigenvalue weighted by atomic mass is 10.0. The van der Waals surface area contributed by atoms with Gasteiger partial charge in [0.2, 0.25) is 5.91 Å². The summed E-state index contributed by atoms with van der Waals surface area (Å²) in [7, 11) is 1.97. The zero-order chi connectivity index (χ0) is 21.7. The van der Waals surface area contributed by atoms with Gasteiger partial charge in [0.05, 0.1) is 11.0 Å². The van der Waals surface area contributed by atoms with E-state index in [2.05, 4.69) is 10.6 Å². The van der Waals surface area contributed by atoms with Crippen LogP contribution in [0, 0.1) is 12.8 Å². The van der Waals surface area contributed by atoms with Gasteiger partial charge in [0.1, 0.15) is 5.82 Å². The minimum Gasteiger partial charge on any atom is -0.355 e. The number of benzene rings is 2. The maximum Gasteiger partial charge on any atom is 0.255 e. The van der Waals surface area contributed by atoms with Gasteiger partial charge in [-0.15, -0.1) is 0 Å². The molecule has 3 rings (SSSR count). The quantitative estimate of drug-likeness (QED) is 0.588. The summed E-state index contributed by atoms with van der Waals surface area (Å²) in [5.74, 6) is 0.953. The lowest BCUT2D eigenvalue weighted by Crippen LogP contribution is -2.32. The standard InChI is InChI=1S/C24H30N4O2/c1-5-17(6-2)23(29)25-14-13-22-27-20-15-18(11-12-21(20)28(22)4)26-24(30)19-10-8-7-9-16(19)3/h7-12,15,17H,5-6,13-14H2,1-4H3,(H,25,29)(H,26,30). The van der Waals surface area contributed by atoms with Gasteiger partial charge in [-0.05, 0) is 49.6 Å². The maximum atomic E-state index is 12.6. The summed E-state index contributed by atoms with van der Waals surface area (Å²) in [4.78, 5) is 29.5. The molecule has 1 aromatic heterocycles. The number of nitrogens with zero attached hydrogens (tertiary/aromatic N) is 2. The Morgan fingerprint density at radius 2 is 1.83 bits per heavy atom. The van der Waals surface area contributed by atoms with E-state index in [4.69, 9.17) is 4.98 Å². The SMILES string of the molecule is CCC(CC)C(=O)NCCc1nc2cc(NC(=O)c3ccccc3C)ccc2n1C. The lowest BCUT2D eigenvalue weighted by Gasteiger charge is -2.12. The number of aryl methyl sites for hydroxylation is 2. The largest absolute Gasteiger partial charge is 0.355 e. The molecule has 6 heteroatoms. The first-order chi connectivity index (χ1) is 14.4. The van der Waals surface area contributed by atoms with Crippen LogP contribution in [-0.2, 0) is 18.3 Å². The van der Waals surface area contributed by atoms with Gasteiger partial charge < -0.3 is 15.2 Å². The number of hydrogen-bond acceptors (Lipinski definition) is 3. The maximum absolute atomic E-state index is 12.6. The third-order valence-electron chi connectivity index (χ3n) is 5.63. The fraction of sp³-hybridized carbons (Fsp3) is 0.375. The minimum absolute atomic E-state index is 0.0739. The predicted molar refractivity (Wildman–Crippen MR) is 121 cm³/mol. The van der Waals surface area contributed by atoms with Gasteiger partial charge in [-0.3, -0.25) is 9.59 Å². The van der Waals surface area contributed by atoms with Gasteiger partial charge in [0.15, 0.2) is 0 Å². The second-order valence-corrected chi connectivity index (χ2v) is 7.61. The average molecular weight is 407 g/mol. The van der Waals surface area contributed by atoms with Crippen LogP contribution in [0.2, 0.25) is 0 Å². The molecule has 158 valence electrons. The molecule has 0 unspecified atom stereocenters. The summed E-state index contributed by atoms with van der Waals surface area (Å²) < 4.78 is 2.03. The zero-order valence-corrected chi connectivity index (χ0v) is 18.2. The molecule has 1 heterocycles. The summed E-state index contributed by atoms with van der Waals surface area (Å²) >= 11 is 0. The molecule has 0 saturated heterocycles. The Morgan fingerprint density at radius 1 is 1.10 bits per heavy atom. The van der Waals surface area contributed by atoms with Crippen molar-refractivity contribution in [3.8, 4) is 0 Å². The highest BCUT2D eigenvalue weighted by molar-refractivity contribution is 6.05. The van der Waals surface area contributed by atoms with Gasteiger partial charge in [-0.1, -0.05) is 32.0 Å². The van der Waals surface area contributed by atoms with Crippen molar-refractivity contribution in [1.29, 1.82) is 0 Å². The van der Waals surface area contributed by atoms with Gasteiger partial charge in [0.25, 0.3) is 5.91 Å². The van der Waals surface area contributed by atoms with Crippen molar-refractivity contribution in [2.75, 3.05) is 11.9 Å². The highest BCUT2D eigenvalue weighted by Gasteiger charge is 2.15. The monoisotopic (exact) mass is 406 g/mol. The van der Waals surface area contributed by atoms with E-state index in [1.807, 2.05) is 74.9 Å². The molecule has 2 aromatic carbocycles. The molecule has 0 aliphatic rings. The van der Waals surface area contributed by atoms with E-state index in [0.717, 1.165) is 35.3 Å². The van der Waals surface area contributed by atoms with Crippen molar-refractivity contribution in [2.24, 2.45) is 13.0 Å². The van der Waals surface area contributed by atoms with Crippen LogP contribution >= 0.6 is 0 Å². The van der Waals surface area contributed by atoms with Crippen LogP contribution < -0.4 is 10.6 Å². The third kappa shape index (κ3) is 4.70. The second-order valence-electron chi connectivity index (χ2n) is 7.61. The molecule has 0 bridgehead atoms. The number of carbonyl (C=O) groups is 2. The van der Waals surface area contributed by atoms with Crippen LogP contribution in [0.1, 0.15) is 48.4 Å². The first-order valence-corrected chi connectivity index (χ1v) is 10.5. The van der Waals surface area contributed by atoms with Gasteiger partial charge in [-0.25, -0.2) is 4.98 Å². The van der Waals surface area contributed by atoms with Crippen LogP contribution in [0.5, 0.6) is 0 Å². The molecule has 2 N–H and O–H groups in total. The van der Waals surface area contributed by atoms with E-state index in [-0.39, 0.29) is 17.7 Å². The Kier molecular flexibility index (Phi) is 6.87. The summed E-state index contributed by atoms with van der Waals surface area (Å²) in [6.45, 7) is 6.55. The van der Waals surface area contributed by atoms with Crippen molar-refractivity contribution in [1.82, 2.24) is 14.9 Å². The molecule has 0 fully saturated rings. The predicted octanol–water partition coefficient (Wildman–Crippen LogP) is 4.23. The van der Waals surface area contributed by atoms with E-state index >= 15 is 0 Å². The van der Waals surface area contributed by atoms with Crippen molar-refractivity contribution in [2.45, 2.75) is 40.0 Å². The molecule has 6 nitrogen and oxygen atoms in total. The smallest absolute Gasteiger partial charge is 0.255 e. The van der Waals surface area contributed by atoms with Crippen molar-refractivity contribution < 1.29 is 9.59 Å².